The third-order valence-corrected chi connectivity index (χ3v) is 12.9. The van der Waals surface area contributed by atoms with Gasteiger partial charge in [0, 0.05) is 15.0 Å². The summed E-state index contributed by atoms with van der Waals surface area (Å²) in [5.74, 6) is 0. The van der Waals surface area contributed by atoms with Gasteiger partial charge in [0.1, 0.15) is 0 Å². The minimum absolute atomic E-state index is 1.16. The van der Waals surface area contributed by atoms with E-state index in [1.165, 1.54) is 42.0 Å². The van der Waals surface area contributed by atoms with Crippen molar-refractivity contribution >= 4 is 57.2 Å². The topological polar surface area (TPSA) is 0 Å². The van der Waals surface area contributed by atoms with Crippen LogP contribution in [0.5, 0.6) is 0 Å². The van der Waals surface area contributed by atoms with Gasteiger partial charge in [-0.25, -0.2) is 0 Å². The zero-order valence-corrected chi connectivity index (χ0v) is 21.8. The van der Waals surface area contributed by atoms with Gasteiger partial charge in [0.15, 0.2) is 8.07 Å². The summed E-state index contributed by atoms with van der Waals surface area (Å²) in [5, 5.41) is 6.52. The SMILES string of the molecule is C=Cc1sc2c(-c3cccc([Si](C(=C)C)(c4ccccc4)c4ccccc4)c3)cccc2c1C=C. The first-order chi connectivity index (χ1) is 17.1. The van der Waals surface area contributed by atoms with E-state index in [0.29, 0.717) is 0 Å². The highest BCUT2D eigenvalue weighted by molar-refractivity contribution is 7.20. The van der Waals surface area contributed by atoms with Gasteiger partial charge in [0.25, 0.3) is 0 Å². The van der Waals surface area contributed by atoms with Crippen LogP contribution in [0.3, 0.4) is 0 Å². The van der Waals surface area contributed by atoms with Crippen LogP contribution in [0.15, 0.2) is 128 Å². The Labute approximate surface area is 213 Å². The van der Waals surface area contributed by atoms with Crippen LogP contribution in [0, 0.1) is 0 Å². The highest BCUT2D eigenvalue weighted by Crippen LogP contribution is 2.39. The molecule has 5 rings (SSSR count). The largest absolute Gasteiger partial charge is 0.174 e. The summed E-state index contributed by atoms with van der Waals surface area (Å²) in [5.41, 5.74) is 3.64. The minimum Gasteiger partial charge on any atom is -0.135 e. The number of hydrogen-bond acceptors (Lipinski definition) is 1. The fourth-order valence-corrected chi connectivity index (χ4v) is 11.1. The molecular formula is C33H28SSi. The molecule has 0 nitrogen and oxygen atoms in total. The molecule has 0 aliphatic rings. The summed E-state index contributed by atoms with van der Waals surface area (Å²) in [6.07, 6.45) is 3.88. The average molecular weight is 485 g/mol. The lowest BCUT2D eigenvalue weighted by Crippen LogP contribution is -2.68. The van der Waals surface area contributed by atoms with Crippen molar-refractivity contribution in [3.63, 3.8) is 0 Å². The summed E-state index contributed by atoms with van der Waals surface area (Å²) in [6.45, 7) is 14.9. The zero-order valence-electron chi connectivity index (χ0n) is 20.0. The fourth-order valence-electron chi connectivity index (χ4n) is 5.28. The molecule has 170 valence electrons. The van der Waals surface area contributed by atoms with Crippen LogP contribution >= 0.6 is 11.3 Å². The van der Waals surface area contributed by atoms with E-state index in [1.54, 1.807) is 11.3 Å². The van der Waals surface area contributed by atoms with Crippen LogP contribution in [-0.2, 0) is 0 Å². The molecule has 0 aliphatic heterocycles. The Morgan fingerprint density at radius 2 is 1.31 bits per heavy atom. The first-order valence-electron chi connectivity index (χ1n) is 11.8. The van der Waals surface area contributed by atoms with E-state index in [4.69, 9.17) is 0 Å². The van der Waals surface area contributed by atoms with Gasteiger partial charge in [-0.05, 0) is 39.2 Å². The molecule has 0 spiro atoms. The van der Waals surface area contributed by atoms with Gasteiger partial charge >= 0.3 is 0 Å². The Morgan fingerprint density at radius 3 is 1.89 bits per heavy atom. The maximum Gasteiger partial charge on any atom is 0.174 e. The van der Waals surface area contributed by atoms with Crippen molar-refractivity contribution < 1.29 is 0 Å². The van der Waals surface area contributed by atoms with Crippen molar-refractivity contribution in [1.29, 1.82) is 0 Å². The van der Waals surface area contributed by atoms with E-state index < -0.39 is 8.07 Å². The molecule has 0 saturated heterocycles. The third kappa shape index (κ3) is 3.76. The molecule has 1 aromatic heterocycles. The van der Waals surface area contributed by atoms with Crippen LogP contribution in [0.2, 0.25) is 0 Å². The Hall–Kier alpha value is -3.72. The molecule has 0 unspecified atom stereocenters. The average Bonchev–Trinajstić information content (AvgIpc) is 3.28. The molecule has 35 heavy (non-hydrogen) atoms. The molecule has 0 aliphatic carbocycles. The van der Waals surface area contributed by atoms with Crippen molar-refractivity contribution in [2.24, 2.45) is 0 Å². The summed E-state index contributed by atoms with van der Waals surface area (Å²) >= 11 is 1.79. The van der Waals surface area contributed by atoms with E-state index in [0.717, 1.165) is 10.4 Å². The van der Waals surface area contributed by atoms with E-state index >= 15 is 0 Å². The summed E-state index contributed by atoms with van der Waals surface area (Å²) < 4.78 is 1.27. The molecule has 0 bridgehead atoms. The standard InChI is InChI=1S/C33H28SSi/c1-5-29-31-22-14-21-30(33(31)34-32(29)6-2)25-15-13-20-28(23-25)35(24(3)4,26-16-9-7-10-17-26)27-18-11-8-12-19-27/h5-23H,1-3H2,4H3. The number of allylic oxidation sites excluding steroid dienone is 1. The van der Waals surface area contributed by atoms with Gasteiger partial charge in [0.2, 0.25) is 0 Å². The molecule has 0 radical (unpaired) electrons. The molecular weight excluding hydrogens is 457 g/mol. The molecule has 1 heterocycles. The lowest BCUT2D eigenvalue weighted by atomic mass is 10.0. The predicted molar refractivity (Wildman–Crippen MR) is 160 cm³/mol. The molecule has 4 aromatic carbocycles. The first-order valence-corrected chi connectivity index (χ1v) is 14.6. The van der Waals surface area contributed by atoms with Gasteiger partial charge in [-0.15, -0.1) is 17.9 Å². The van der Waals surface area contributed by atoms with Crippen molar-refractivity contribution in [2.75, 3.05) is 0 Å². The van der Waals surface area contributed by atoms with Gasteiger partial charge in [0.05, 0.1) is 0 Å². The van der Waals surface area contributed by atoms with E-state index in [-0.39, 0.29) is 0 Å². The van der Waals surface area contributed by atoms with Gasteiger partial charge in [-0.3, -0.25) is 0 Å². The van der Waals surface area contributed by atoms with Crippen LogP contribution in [-0.4, -0.2) is 8.07 Å². The lowest BCUT2D eigenvalue weighted by Gasteiger charge is -2.34. The van der Waals surface area contributed by atoms with Crippen molar-refractivity contribution in [2.45, 2.75) is 6.92 Å². The summed E-state index contributed by atoms with van der Waals surface area (Å²) in [6, 6.07) is 37.5. The number of hydrogen-bond donors (Lipinski definition) is 0. The number of fused-ring (bicyclic) bond motifs is 1. The lowest BCUT2D eigenvalue weighted by molar-refractivity contribution is 1.59. The molecule has 0 N–H and O–H groups in total. The highest BCUT2D eigenvalue weighted by atomic mass is 32.1. The maximum absolute atomic E-state index is 4.59. The summed E-state index contributed by atoms with van der Waals surface area (Å²) in [7, 11) is -2.48. The third-order valence-electron chi connectivity index (χ3n) is 6.83. The minimum atomic E-state index is -2.48. The van der Waals surface area contributed by atoms with Gasteiger partial charge in [-0.1, -0.05) is 134 Å². The second-order valence-corrected chi connectivity index (χ2v) is 14.0. The number of thiophene rings is 1. The molecule has 0 amide bonds. The molecule has 0 atom stereocenters. The Kier molecular flexibility index (Phi) is 6.25. The van der Waals surface area contributed by atoms with Crippen molar-refractivity contribution in [3.8, 4) is 11.1 Å². The van der Waals surface area contributed by atoms with Crippen molar-refractivity contribution in [1.82, 2.24) is 0 Å². The number of benzene rings is 4. The second kappa shape index (κ2) is 9.50. The first kappa shape index (κ1) is 23.0. The zero-order chi connectivity index (χ0) is 24.4. The number of rotatable bonds is 7. The van der Waals surface area contributed by atoms with E-state index in [1.807, 2.05) is 12.2 Å². The van der Waals surface area contributed by atoms with E-state index in [2.05, 4.69) is 130 Å². The van der Waals surface area contributed by atoms with Crippen LogP contribution in [0.4, 0.5) is 0 Å². The Bertz CT molecular complexity index is 1500. The second-order valence-electron chi connectivity index (χ2n) is 8.81. The van der Waals surface area contributed by atoms with E-state index in [9.17, 15) is 0 Å². The van der Waals surface area contributed by atoms with Crippen LogP contribution in [0.1, 0.15) is 17.4 Å². The predicted octanol–water partition coefficient (Wildman–Crippen LogP) is 7.44. The molecule has 0 saturated carbocycles. The maximum atomic E-state index is 4.59. The quantitative estimate of drug-likeness (QED) is 0.166. The Balaban J connectivity index is 1.80. The van der Waals surface area contributed by atoms with Crippen LogP contribution in [0.25, 0.3) is 33.4 Å². The van der Waals surface area contributed by atoms with Gasteiger partial charge in [-0.2, -0.15) is 0 Å². The monoisotopic (exact) mass is 484 g/mol. The fraction of sp³-hybridized carbons (Fsp3) is 0.0303. The molecule has 0 fully saturated rings. The van der Waals surface area contributed by atoms with Crippen LogP contribution < -0.4 is 15.6 Å². The van der Waals surface area contributed by atoms with Crippen molar-refractivity contribution in [3.05, 3.63) is 139 Å². The molecule has 2 heteroatoms. The van der Waals surface area contributed by atoms with Gasteiger partial charge < -0.3 is 0 Å². The smallest absolute Gasteiger partial charge is 0.135 e. The Morgan fingerprint density at radius 1 is 0.714 bits per heavy atom. The highest BCUT2D eigenvalue weighted by Gasteiger charge is 2.40. The molecule has 5 aromatic rings. The normalized spacial score (nSPS) is 11.3. The summed E-state index contributed by atoms with van der Waals surface area (Å²) in [4.78, 5) is 1.16.